The number of piperidine rings is 1. The molecule has 3 heterocycles. The average molecular weight is 498 g/mol. The van der Waals surface area contributed by atoms with Crippen LogP contribution in [0.2, 0.25) is 10.0 Å². The molecule has 2 atom stereocenters. The molecule has 3 saturated heterocycles. The zero-order chi connectivity index (χ0) is 24.0. The highest BCUT2D eigenvalue weighted by Crippen LogP contribution is 2.42. The molecule has 0 aliphatic carbocycles. The number of nitrogens with zero attached hydrogens (tertiary/aromatic N) is 2. The minimum Gasteiger partial charge on any atom is -0.465 e. The van der Waals surface area contributed by atoms with Crippen LogP contribution in [0, 0.1) is 11.3 Å². The quantitative estimate of drug-likeness (QED) is 0.648. The number of likely N-dealkylation sites (N-methyl/N-ethyl adjacent to an activating group) is 1. The lowest BCUT2D eigenvalue weighted by molar-refractivity contribution is -0.170. The van der Waals surface area contributed by atoms with E-state index in [9.17, 15) is 19.5 Å². The average Bonchev–Trinajstić information content (AvgIpc) is 3.23. The Labute approximate surface area is 203 Å². The molecule has 8 nitrogen and oxygen atoms in total. The molecule has 0 radical (unpaired) electrons. The SMILES string of the molecule is CN(C(=O)O)[C@]1(C(=O)C2CCN(C(=O)C3(C)COC3)CC2)CNC[C@H]1c1ccc(Cl)c(Cl)c1. The molecule has 2 amide bonds. The molecular weight excluding hydrogens is 469 g/mol. The van der Waals surface area contributed by atoms with E-state index in [0.29, 0.717) is 55.7 Å². The second-order valence-electron chi connectivity index (χ2n) is 9.61. The fraction of sp³-hybridized carbons (Fsp3) is 0.609. The van der Waals surface area contributed by atoms with Gasteiger partial charge >= 0.3 is 6.09 Å². The highest BCUT2D eigenvalue weighted by molar-refractivity contribution is 6.42. The van der Waals surface area contributed by atoms with Crippen molar-refractivity contribution < 1.29 is 24.2 Å². The van der Waals surface area contributed by atoms with Gasteiger partial charge < -0.3 is 20.1 Å². The number of rotatable bonds is 5. The molecule has 0 saturated carbocycles. The van der Waals surface area contributed by atoms with Gasteiger partial charge in [0.1, 0.15) is 5.54 Å². The summed E-state index contributed by atoms with van der Waals surface area (Å²) in [7, 11) is 1.45. The van der Waals surface area contributed by atoms with Gasteiger partial charge in [-0.15, -0.1) is 0 Å². The van der Waals surface area contributed by atoms with Crippen molar-refractivity contribution >= 4 is 41.0 Å². The largest absolute Gasteiger partial charge is 0.465 e. The summed E-state index contributed by atoms with van der Waals surface area (Å²) in [5.74, 6) is -0.801. The van der Waals surface area contributed by atoms with E-state index in [2.05, 4.69) is 5.32 Å². The van der Waals surface area contributed by atoms with E-state index < -0.39 is 23.0 Å². The molecule has 1 aromatic rings. The van der Waals surface area contributed by atoms with Crippen molar-refractivity contribution in [2.24, 2.45) is 11.3 Å². The minimum absolute atomic E-state index is 0.0632. The predicted octanol–water partition coefficient (Wildman–Crippen LogP) is 2.87. The second-order valence-corrected chi connectivity index (χ2v) is 10.4. The van der Waals surface area contributed by atoms with Crippen molar-refractivity contribution in [1.82, 2.24) is 15.1 Å². The van der Waals surface area contributed by atoms with E-state index in [1.807, 2.05) is 11.8 Å². The Bertz CT molecular complexity index is 961. The number of hydrogen-bond donors (Lipinski definition) is 2. The van der Waals surface area contributed by atoms with Gasteiger partial charge in [-0.1, -0.05) is 29.3 Å². The normalized spacial score (nSPS) is 27.2. The summed E-state index contributed by atoms with van der Waals surface area (Å²) in [6.45, 7) is 4.36. The van der Waals surface area contributed by atoms with Gasteiger partial charge in [0.05, 0.1) is 28.7 Å². The lowest BCUT2D eigenvalue weighted by Crippen LogP contribution is -2.62. The molecule has 0 spiro atoms. The van der Waals surface area contributed by atoms with E-state index in [-0.39, 0.29) is 24.2 Å². The van der Waals surface area contributed by atoms with Gasteiger partial charge in [-0.2, -0.15) is 0 Å². The Balaban J connectivity index is 1.58. The van der Waals surface area contributed by atoms with Gasteiger partial charge in [0.2, 0.25) is 5.91 Å². The van der Waals surface area contributed by atoms with Crippen molar-refractivity contribution in [3.05, 3.63) is 33.8 Å². The Morgan fingerprint density at radius 2 is 1.85 bits per heavy atom. The van der Waals surface area contributed by atoms with E-state index in [4.69, 9.17) is 27.9 Å². The van der Waals surface area contributed by atoms with Gasteiger partial charge in [0.25, 0.3) is 0 Å². The summed E-state index contributed by atoms with van der Waals surface area (Å²) in [6.07, 6.45) is -0.155. The van der Waals surface area contributed by atoms with Gasteiger partial charge in [0, 0.05) is 45.1 Å². The molecule has 0 bridgehead atoms. The third kappa shape index (κ3) is 4.11. The maximum Gasteiger partial charge on any atom is 0.407 e. The number of carboxylic acid groups (broad SMARTS) is 1. The van der Waals surface area contributed by atoms with E-state index in [1.54, 1.807) is 18.2 Å². The van der Waals surface area contributed by atoms with Crippen LogP contribution in [0.25, 0.3) is 0 Å². The molecule has 180 valence electrons. The summed E-state index contributed by atoms with van der Waals surface area (Å²) >= 11 is 12.3. The van der Waals surface area contributed by atoms with E-state index in [0.717, 1.165) is 10.5 Å². The molecular formula is C23H29Cl2N3O5. The van der Waals surface area contributed by atoms with Crippen LogP contribution in [-0.4, -0.2) is 84.7 Å². The Kier molecular flexibility index (Phi) is 6.66. The zero-order valence-electron chi connectivity index (χ0n) is 18.8. The van der Waals surface area contributed by atoms with Crippen molar-refractivity contribution in [2.75, 3.05) is 46.4 Å². The third-order valence-electron chi connectivity index (χ3n) is 7.49. The van der Waals surface area contributed by atoms with Gasteiger partial charge in [-0.3, -0.25) is 14.5 Å². The van der Waals surface area contributed by atoms with Crippen LogP contribution >= 0.6 is 23.2 Å². The molecule has 3 aliphatic heterocycles. The maximum absolute atomic E-state index is 14.0. The smallest absolute Gasteiger partial charge is 0.407 e. The molecule has 0 unspecified atom stereocenters. The van der Waals surface area contributed by atoms with Crippen molar-refractivity contribution in [2.45, 2.75) is 31.2 Å². The number of benzene rings is 1. The highest BCUT2D eigenvalue weighted by Gasteiger charge is 2.56. The van der Waals surface area contributed by atoms with Crippen LogP contribution in [0.3, 0.4) is 0 Å². The summed E-state index contributed by atoms with van der Waals surface area (Å²) in [5.41, 5.74) is -0.981. The number of ketones is 1. The molecule has 10 heteroatoms. The lowest BCUT2D eigenvalue weighted by Gasteiger charge is -2.45. The molecule has 0 aromatic heterocycles. The van der Waals surface area contributed by atoms with Crippen LogP contribution in [-0.2, 0) is 14.3 Å². The number of nitrogens with one attached hydrogen (secondary N) is 1. The number of carbonyl (C=O) groups excluding carboxylic acids is 2. The molecule has 2 N–H and O–H groups in total. The first-order chi connectivity index (χ1) is 15.6. The van der Waals surface area contributed by atoms with Crippen molar-refractivity contribution in [1.29, 1.82) is 0 Å². The number of hydrogen-bond acceptors (Lipinski definition) is 5. The Morgan fingerprint density at radius 1 is 1.18 bits per heavy atom. The predicted molar refractivity (Wildman–Crippen MR) is 124 cm³/mol. The van der Waals surface area contributed by atoms with Gasteiger partial charge in [-0.25, -0.2) is 4.79 Å². The standard InChI is InChI=1S/C23H29Cl2N3O5/c1-22(12-33-13-22)20(30)28-7-5-14(6-8-28)19(29)23(27(2)21(31)32)11-26-10-16(23)15-3-4-17(24)18(25)9-15/h3-4,9,14,16,26H,5-8,10-13H2,1-2H3,(H,31,32)/t16-,23+/m0/s1. The van der Waals surface area contributed by atoms with Crippen LogP contribution in [0.4, 0.5) is 4.79 Å². The Hall–Kier alpha value is -1.87. The van der Waals surface area contributed by atoms with Crippen LogP contribution < -0.4 is 5.32 Å². The topological polar surface area (TPSA) is 99.2 Å². The maximum atomic E-state index is 14.0. The first-order valence-corrected chi connectivity index (χ1v) is 11.9. The Morgan fingerprint density at radius 3 is 2.39 bits per heavy atom. The van der Waals surface area contributed by atoms with E-state index >= 15 is 0 Å². The summed E-state index contributed by atoms with van der Waals surface area (Å²) in [5, 5.41) is 13.9. The van der Waals surface area contributed by atoms with Crippen LogP contribution in [0.15, 0.2) is 18.2 Å². The fourth-order valence-corrected chi connectivity index (χ4v) is 5.69. The first-order valence-electron chi connectivity index (χ1n) is 11.1. The summed E-state index contributed by atoms with van der Waals surface area (Å²) in [4.78, 5) is 41.9. The lowest BCUT2D eigenvalue weighted by atomic mass is 9.72. The fourth-order valence-electron chi connectivity index (χ4n) is 5.38. The molecule has 3 aliphatic rings. The van der Waals surface area contributed by atoms with Crippen LogP contribution in [0.5, 0.6) is 0 Å². The monoisotopic (exact) mass is 497 g/mol. The molecule has 4 rings (SSSR count). The number of amides is 2. The summed E-state index contributed by atoms with van der Waals surface area (Å²) < 4.78 is 5.22. The number of likely N-dealkylation sites (tertiary alicyclic amines) is 1. The van der Waals surface area contributed by atoms with Crippen molar-refractivity contribution in [3.63, 3.8) is 0 Å². The van der Waals surface area contributed by atoms with E-state index in [1.165, 1.54) is 7.05 Å². The molecule has 33 heavy (non-hydrogen) atoms. The molecule has 3 fully saturated rings. The third-order valence-corrected chi connectivity index (χ3v) is 8.23. The number of ether oxygens (including phenoxy) is 1. The first kappa shape index (κ1) is 24.3. The second kappa shape index (κ2) is 9.06. The van der Waals surface area contributed by atoms with Crippen LogP contribution in [0.1, 0.15) is 31.2 Å². The molecule has 1 aromatic carbocycles. The number of halogens is 2. The van der Waals surface area contributed by atoms with Gasteiger partial charge in [0.15, 0.2) is 5.78 Å². The summed E-state index contributed by atoms with van der Waals surface area (Å²) in [6, 6.07) is 5.18. The minimum atomic E-state index is -1.27. The van der Waals surface area contributed by atoms with Crippen molar-refractivity contribution in [3.8, 4) is 0 Å². The number of Topliss-reactive ketones (excluding diaryl/α,β-unsaturated/α-hetero) is 1. The zero-order valence-corrected chi connectivity index (χ0v) is 20.3. The van der Waals surface area contributed by atoms with Gasteiger partial charge in [-0.05, 0) is 37.5 Å². The number of carbonyl (C=O) groups is 3. The highest BCUT2D eigenvalue weighted by atomic mass is 35.5.